The van der Waals surface area contributed by atoms with Crippen LogP contribution < -0.4 is 10.6 Å². The number of hydrogen-bond donors (Lipinski definition) is 2. The van der Waals surface area contributed by atoms with E-state index in [9.17, 15) is 4.79 Å². The van der Waals surface area contributed by atoms with Gasteiger partial charge in [0.1, 0.15) is 5.82 Å². The summed E-state index contributed by atoms with van der Waals surface area (Å²) in [4.78, 5) is 16.3. The van der Waals surface area contributed by atoms with Crippen molar-refractivity contribution in [1.29, 1.82) is 0 Å². The Balaban J connectivity index is 1.71. The van der Waals surface area contributed by atoms with Crippen LogP contribution in [0.15, 0.2) is 66.9 Å². The van der Waals surface area contributed by atoms with Gasteiger partial charge in [-0.2, -0.15) is 0 Å². The average Bonchev–Trinajstić information content (AvgIpc) is 2.60. The lowest BCUT2D eigenvalue weighted by Crippen LogP contribution is -2.12. The van der Waals surface area contributed by atoms with E-state index in [1.807, 2.05) is 18.2 Å². The number of nitrogens with one attached hydrogen (secondary N) is 2. The molecule has 0 saturated carbocycles. The molecule has 6 heteroatoms. The molecule has 3 aromatic rings. The Bertz CT molecular complexity index is 832. The van der Waals surface area contributed by atoms with Crippen molar-refractivity contribution in [2.45, 2.75) is 0 Å². The number of hydrogen-bond acceptors (Lipinski definition) is 3. The Morgan fingerprint density at radius 3 is 2.21 bits per heavy atom. The number of para-hydroxylation sites is 1. The van der Waals surface area contributed by atoms with Crippen LogP contribution in [0.5, 0.6) is 0 Å². The van der Waals surface area contributed by atoms with E-state index in [-0.39, 0.29) is 5.91 Å². The fraction of sp³-hybridized carbons (Fsp3) is 0. The van der Waals surface area contributed by atoms with Gasteiger partial charge < -0.3 is 10.6 Å². The van der Waals surface area contributed by atoms with Crippen LogP contribution in [0, 0.1) is 0 Å². The lowest BCUT2D eigenvalue weighted by atomic mass is 10.2. The molecule has 0 fully saturated rings. The highest BCUT2D eigenvalue weighted by Crippen LogP contribution is 2.32. The standard InChI is InChI=1S/C18H13Cl2N3O/c19-14-7-4-8-15(20)17(14)22-13-9-10-16(21-11-13)23-18(24)12-5-2-1-3-6-12/h1-11,22H,(H,21,23,24). The van der Waals surface area contributed by atoms with Crippen molar-refractivity contribution in [1.82, 2.24) is 4.98 Å². The number of rotatable bonds is 4. The van der Waals surface area contributed by atoms with E-state index < -0.39 is 0 Å². The van der Waals surface area contributed by atoms with Gasteiger partial charge in [-0.3, -0.25) is 4.79 Å². The van der Waals surface area contributed by atoms with Gasteiger partial charge in [-0.25, -0.2) is 4.98 Å². The molecular formula is C18H13Cl2N3O. The van der Waals surface area contributed by atoms with Crippen LogP contribution in [0.2, 0.25) is 10.0 Å². The minimum absolute atomic E-state index is 0.210. The van der Waals surface area contributed by atoms with Gasteiger partial charge in [-0.15, -0.1) is 0 Å². The zero-order chi connectivity index (χ0) is 16.9. The Labute approximate surface area is 149 Å². The molecule has 4 nitrogen and oxygen atoms in total. The lowest BCUT2D eigenvalue weighted by Gasteiger charge is -2.10. The molecule has 1 amide bonds. The molecule has 0 bridgehead atoms. The van der Waals surface area contributed by atoms with Crippen LogP contribution in [0.25, 0.3) is 0 Å². The number of benzene rings is 2. The molecule has 0 saturated heterocycles. The Kier molecular flexibility index (Phi) is 4.99. The van der Waals surface area contributed by atoms with Crippen LogP contribution in [0.3, 0.4) is 0 Å². The van der Waals surface area contributed by atoms with Crippen molar-refractivity contribution in [3.8, 4) is 0 Å². The summed E-state index contributed by atoms with van der Waals surface area (Å²) >= 11 is 12.2. The lowest BCUT2D eigenvalue weighted by molar-refractivity contribution is 0.102. The predicted molar refractivity (Wildman–Crippen MR) is 98.4 cm³/mol. The van der Waals surface area contributed by atoms with Gasteiger partial charge >= 0.3 is 0 Å². The summed E-state index contributed by atoms with van der Waals surface area (Å²) in [6.07, 6.45) is 1.60. The van der Waals surface area contributed by atoms with Crippen molar-refractivity contribution in [2.24, 2.45) is 0 Å². The highest BCUT2D eigenvalue weighted by Gasteiger charge is 2.08. The summed E-state index contributed by atoms with van der Waals surface area (Å²) in [6.45, 7) is 0. The van der Waals surface area contributed by atoms with Crippen molar-refractivity contribution in [3.63, 3.8) is 0 Å². The molecule has 120 valence electrons. The summed E-state index contributed by atoms with van der Waals surface area (Å²) in [6, 6.07) is 17.7. The molecule has 24 heavy (non-hydrogen) atoms. The first-order chi connectivity index (χ1) is 11.6. The maximum Gasteiger partial charge on any atom is 0.256 e. The highest BCUT2D eigenvalue weighted by atomic mass is 35.5. The molecule has 0 radical (unpaired) electrons. The van der Waals surface area contributed by atoms with Gasteiger partial charge in [0.25, 0.3) is 5.91 Å². The summed E-state index contributed by atoms with van der Waals surface area (Å²) in [5.41, 5.74) is 1.90. The van der Waals surface area contributed by atoms with Crippen LogP contribution in [-0.2, 0) is 0 Å². The molecule has 0 spiro atoms. The molecule has 3 rings (SSSR count). The summed E-state index contributed by atoms with van der Waals surface area (Å²) < 4.78 is 0. The average molecular weight is 358 g/mol. The van der Waals surface area contributed by atoms with E-state index >= 15 is 0 Å². The molecule has 0 unspecified atom stereocenters. The third-order valence-corrected chi connectivity index (χ3v) is 3.90. The SMILES string of the molecule is O=C(Nc1ccc(Nc2c(Cl)cccc2Cl)cn1)c1ccccc1. The molecule has 1 heterocycles. The maximum absolute atomic E-state index is 12.1. The molecule has 0 aliphatic rings. The molecule has 0 aliphatic carbocycles. The number of anilines is 3. The van der Waals surface area contributed by atoms with Crippen molar-refractivity contribution < 1.29 is 4.79 Å². The van der Waals surface area contributed by atoms with Gasteiger partial charge in [0.2, 0.25) is 0 Å². The molecule has 2 aromatic carbocycles. The van der Waals surface area contributed by atoms with Crippen LogP contribution in [0.1, 0.15) is 10.4 Å². The zero-order valence-electron chi connectivity index (χ0n) is 12.5. The van der Waals surface area contributed by atoms with E-state index in [1.165, 1.54) is 0 Å². The topological polar surface area (TPSA) is 54.0 Å². The second-order valence-corrected chi connectivity index (χ2v) is 5.79. The fourth-order valence-corrected chi connectivity index (χ4v) is 2.57. The number of nitrogens with zero attached hydrogens (tertiary/aromatic N) is 1. The summed E-state index contributed by atoms with van der Waals surface area (Å²) in [7, 11) is 0. The fourth-order valence-electron chi connectivity index (χ4n) is 2.08. The van der Waals surface area contributed by atoms with Gasteiger partial charge in [0.05, 0.1) is 27.6 Å². The molecular weight excluding hydrogens is 345 g/mol. The van der Waals surface area contributed by atoms with Crippen LogP contribution >= 0.6 is 23.2 Å². The number of halogens is 2. The van der Waals surface area contributed by atoms with E-state index in [0.29, 0.717) is 32.8 Å². The quantitative estimate of drug-likeness (QED) is 0.658. The largest absolute Gasteiger partial charge is 0.352 e. The van der Waals surface area contributed by atoms with Gasteiger partial charge in [-0.05, 0) is 36.4 Å². The van der Waals surface area contributed by atoms with Crippen LogP contribution in [-0.4, -0.2) is 10.9 Å². The van der Waals surface area contributed by atoms with E-state index in [1.54, 1.807) is 48.7 Å². The van der Waals surface area contributed by atoms with Crippen molar-refractivity contribution in [2.75, 3.05) is 10.6 Å². The monoisotopic (exact) mass is 357 g/mol. The number of carbonyl (C=O) groups excluding carboxylic acids is 1. The summed E-state index contributed by atoms with van der Waals surface area (Å²) in [5, 5.41) is 6.89. The van der Waals surface area contributed by atoms with Gasteiger partial charge in [0, 0.05) is 5.56 Å². The summed E-state index contributed by atoms with van der Waals surface area (Å²) in [5.74, 6) is 0.248. The molecule has 1 aromatic heterocycles. The molecule has 0 aliphatic heterocycles. The number of pyridine rings is 1. The smallest absolute Gasteiger partial charge is 0.256 e. The minimum Gasteiger partial charge on any atom is -0.352 e. The third kappa shape index (κ3) is 3.85. The maximum atomic E-state index is 12.1. The normalized spacial score (nSPS) is 10.2. The molecule has 2 N–H and O–H groups in total. The Hall–Kier alpha value is -2.56. The van der Waals surface area contributed by atoms with Crippen LogP contribution in [0.4, 0.5) is 17.2 Å². The van der Waals surface area contributed by atoms with E-state index in [2.05, 4.69) is 15.6 Å². The predicted octanol–water partition coefficient (Wildman–Crippen LogP) is 5.38. The second kappa shape index (κ2) is 7.34. The number of amides is 1. The first-order valence-electron chi connectivity index (χ1n) is 7.17. The minimum atomic E-state index is -0.210. The van der Waals surface area contributed by atoms with Crippen molar-refractivity contribution in [3.05, 3.63) is 82.5 Å². The second-order valence-electron chi connectivity index (χ2n) is 4.97. The first-order valence-corrected chi connectivity index (χ1v) is 7.92. The number of aromatic nitrogens is 1. The first kappa shape index (κ1) is 16.3. The van der Waals surface area contributed by atoms with Gasteiger partial charge in [0.15, 0.2) is 0 Å². The Morgan fingerprint density at radius 1 is 0.875 bits per heavy atom. The molecule has 0 atom stereocenters. The van der Waals surface area contributed by atoms with E-state index in [4.69, 9.17) is 23.2 Å². The van der Waals surface area contributed by atoms with Crippen molar-refractivity contribution >= 4 is 46.3 Å². The highest BCUT2D eigenvalue weighted by molar-refractivity contribution is 6.39. The zero-order valence-corrected chi connectivity index (χ0v) is 14.0. The third-order valence-electron chi connectivity index (χ3n) is 3.27. The number of carbonyl (C=O) groups is 1. The Morgan fingerprint density at radius 2 is 1.58 bits per heavy atom. The van der Waals surface area contributed by atoms with Gasteiger partial charge in [-0.1, -0.05) is 47.5 Å². The van der Waals surface area contributed by atoms with E-state index in [0.717, 1.165) is 0 Å².